The average Bonchev–Trinajstić information content (AvgIpc) is 2.70. The lowest BCUT2D eigenvalue weighted by molar-refractivity contribution is -0.125. The number of aliphatic hydroxyl groups is 1. The molecule has 0 radical (unpaired) electrons. The SMILES string of the molecule is CC1=CC(=O)NC1=O.O=C1C=C(CO)C(=O)N1. The second-order valence-corrected chi connectivity index (χ2v) is 3.29. The molecule has 2 aliphatic heterocycles. The summed E-state index contributed by atoms with van der Waals surface area (Å²) in [5.74, 6) is -1.55. The van der Waals surface area contributed by atoms with Crippen molar-refractivity contribution in [2.75, 3.05) is 6.61 Å². The first-order valence-electron chi connectivity index (χ1n) is 4.64. The normalized spacial score (nSPS) is 18.0. The van der Waals surface area contributed by atoms with Crippen molar-refractivity contribution in [1.82, 2.24) is 10.6 Å². The van der Waals surface area contributed by atoms with Crippen LogP contribution in [0.3, 0.4) is 0 Å². The molecule has 0 aromatic rings. The molecule has 2 heterocycles. The van der Waals surface area contributed by atoms with Crippen LogP contribution in [0.2, 0.25) is 0 Å². The summed E-state index contributed by atoms with van der Waals surface area (Å²) >= 11 is 0. The van der Waals surface area contributed by atoms with Gasteiger partial charge in [-0.1, -0.05) is 0 Å². The molecule has 0 saturated heterocycles. The van der Waals surface area contributed by atoms with E-state index >= 15 is 0 Å². The molecule has 0 spiro atoms. The van der Waals surface area contributed by atoms with E-state index in [4.69, 9.17) is 5.11 Å². The smallest absolute Gasteiger partial charge is 0.256 e. The van der Waals surface area contributed by atoms with Crippen LogP contribution in [0.1, 0.15) is 6.92 Å². The Morgan fingerprint density at radius 2 is 1.53 bits per heavy atom. The van der Waals surface area contributed by atoms with Gasteiger partial charge < -0.3 is 5.11 Å². The highest BCUT2D eigenvalue weighted by molar-refractivity contribution is 6.16. The lowest BCUT2D eigenvalue weighted by Gasteiger charge is -1.88. The van der Waals surface area contributed by atoms with E-state index in [0.717, 1.165) is 6.08 Å². The Hall–Kier alpha value is -2.28. The highest BCUT2D eigenvalue weighted by atomic mass is 16.3. The molecule has 4 amide bonds. The maximum atomic E-state index is 10.5. The summed E-state index contributed by atoms with van der Waals surface area (Å²) in [5.41, 5.74) is 0.606. The Balaban J connectivity index is 0.000000171. The van der Waals surface area contributed by atoms with Gasteiger partial charge in [-0.25, -0.2) is 0 Å². The molecule has 0 unspecified atom stereocenters. The third-order valence-electron chi connectivity index (χ3n) is 1.95. The van der Waals surface area contributed by atoms with Crippen LogP contribution in [-0.2, 0) is 19.2 Å². The predicted molar refractivity (Wildman–Crippen MR) is 55.2 cm³/mol. The highest BCUT2D eigenvalue weighted by Crippen LogP contribution is 1.99. The van der Waals surface area contributed by atoms with E-state index < -0.39 is 11.8 Å². The number of aliphatic hydroxyl groups excluding tert-OH is 1. The molecular formula is C10H10N2O5. The van der Waals surface area contributed by atoms with Crippen molar-refractivity contribution in [3.8, 4) is 0 Å². The number of rotatable bonds is 1. The minimum Gasteiger partial charge on any atom is -0.391 e. The Labute approximate surface area is 96.2 Å². The molecule has 0 aromatic carbocycles. The van der Waals surface area contributed by atoms with E-state index in [9.17, 15) is 19.2 Å². The Kier molecular flexibility index (Phi) is 3.89. The lowest BCUT2D eigenvalue weighted by atomic mass is 10.3. The topological polar surface area (TPSA) is 113 Å². The first kappa shape index (κ1) is 12.8. The molecule has 17 heavy (non-hydrogen) atoms. The summed E-state index contributed by atoms with van der Waals surface area (Å²) in [6.45, 7) is 1.22. The summed E-state index contributed by atoms with van der Waals surface area (Å²) < 4.78 is 0. The zero-order valence-electron chi connectivity index (χ0n) is 8.94. The quantitative estimate of drug-likeness (QED) is 0.464. The van der Waals surface area contributed by atoms with E-state index in [1.807, 2.05) is 5.32 Å². The fourth-order valence-electron chi connectivity index (χ4n) is 1.08. The maximum absolute atomic E-state index is 10.5. The second-order valence-electron chi connectivity index (χ2n) is 3.29. The van der Waals surface area contributed by atoms with Crippen molar-refractivity contribution in [1.29, 1.82) is 0 Å². The highest BCUT2D eigenvalue weighted by Gasteiger charge is 2.18. The Morgan fingerprint density at radius 3 is 1.71 bits per heavy atom. The van der Waals surface area contributed by atoms with Crippen molar-refractivity contribution in [2.45, 2.75) is 6.92 Å². The second kappa shape index (κ2) is 5.17. The van der Waals surface area contributed by atoms with Crippen LogP contribution < -0.4 is 10.6 Å². The lowest BCUT2D eigenvalue weighted by Crippen LogP contribution is -2.22. The molecule has 0 bridgehead atoms. The number of carbonyl (C=O) groups excluding carboxylic acids is 4. The molecule has 0 saturated carbocycles. The molecular weight excluding hydrogens is 228 g/mol. The third kappa shape index (κ3) is 3.35. The van der Waals surface area contributed by atoms with Gasteiger partial charge in [0, 0.05) is 23.3 Å². The van der Waals surface area contributed by atoms with Crippen molar-refractivity contribution in [2.24, 2.45) is 0 Å². The number of nitrogens with one attached hydrogen (secondary N) is 2. The van der Waals surface area contributed by atoms with Crippen LogP contribution in [0.25, 0.3) is 0 Å². The van der Waals surface area contributed by atoms with Crippen molar-refractivity contribution < 1.29 is 24.3 Å². The largest absolute Gasteiger partial charge is 0.391 e. The summed E-state index contributed by atoms with van der Waals surface area (Å²) in [6.07, 6.45) is 2.37. The van der Waals surface area contributed by atoms with Crippen LogP contribution in [0.15, 0.2) is 23.3 Å². The molecule has 90 valence electrons. The van der Waals surface area contributed by atoms with Gasteiger partial charge in [-0.3, -0.25) is 29.8 Å². The Morgan fingerprint density at radius 1 is 1.00 bits per heavy atom. The zero-order valence-corrected chi connectivity index (χ0v) is 8.94. The minimum atomic E-state index is -0.498. The number of amides is 4. The monoisotopic (exact) mass is 238 g/mol. The fourth-order valence-corrected chi connectivity index (χ4v) is 1.08. The van der Waals surface area contributed by atoms with Gasteiger partial charge in [0.1, 0.15) is 0 Å². The van der Waals surface area contributed by atoms with Gasteiger partial charge in [0.05, 0.1) is 6.61 Å². The summed E-state index contributed by atoms with van der Waals surface area (Å²) in [5, 5.41) is 12.5. The summed E-state index contributed by atoms with van der Waals surface area (Å²) in [6, 6.07) is 0. The van der Waals surface area contributed by atoms with E-state index in [2.05, 4.69) is 5.32 Å². The van der Waals surface area contributed by atoms with E-state index in [0.29, 0.717) is 5.57 Å². The summed E-state index contributed by atoms with van der Waals surface area (Å²) in [4.78, 5) is 41.4. The van der Waals surface area contributed by atoms with Gasteiger partial charge in [0.15, 0.2) is 0 Å². The standard InChI is InChI=1S/C5H5NO3.C5H5NO2/c7-2-3-1-4(8)6-5(3)9;1-3-2-4(7)6-5(3)8/h1,7H,2H2,(H,6,8,9);2H,1H3,(H,6,7,8). The fraction of sp³-hybridized carbons (Fsp3) is 0.200. The Bertz CT molecular complexity index is 461. The van der Waals surface area contributed by atoms with Gasteiger partial charge in [-0.05, 0) is 6.92 Å². The molecule has 3 N–H and O–H groups in total. The van der Waals surface area contributed by atoms with Crippen LogP contribution in [-0.4, -0.2) is 35.3 Å². The first-order valence-corrected chi connectivity index (χ1v) is 4.64. The number of hydrogen-bond acceptors (Lipinski definition) is 5. The molecule has 0 aromatic heterocycles. The number of carbonyl (C=O) groups is 4. The molecule has 0 fully saturated rings. The minimum absolute atomic E-state index is 0.125. The van der Waals surface area contributed by atoms with Crippen LogP contribution >= 0.6 is 0 Å². The number of hydrogen-bond donors (Lipinski definition) is 3. The first-order chi connectivity index (χ1) is 7.93. The van der Waals surface area contributed by atoms with E-state index in [1.54, 1.807) is 6.92 Å². The van der Waals surface area contributed by atoms with Gasteiger partial charge >= 0.3 is 0 Å². The third-order valence-corrected chi connectivity index (χ3v) is 1.95. The van der Waals surface area contributed by atoms with Gasteiger partial charge in [0.2, 0.25) is 0 Å². The average molecular weight is 238 g/mol. The van der Waals surface area contributed by atoms with Crippen molar-refractivity contribution >= 4 is 23.6 Å². The predicted octanol–water partition coefficient (Wildman–Crippen LogP) is -1.85. The van der Waals surface area contributed by atoms with Crippen LogP contribution in [0.4, 0.5) is 0 Å². The van der Waals surface area contributed by atoms with Gasteiger partial charge in [0.25, 0.3) is 23.6 Å². The van der Waals surface area contributed by atoms with Gasteiger partial charge in [-0.15, -0.1) is 0 Å². The molecule has 7 nitrogen and oxygen atoms in total. The number of imide groups is 2. The zero-order chi connectivity index (χ0) is 13.0. The molecule has 7 heteroatoms. The van der Waals surface area contributed by atoms with E-state index in [-0.39, 0.29) is 24.0 Å². The van der Waals surface area contributed by atoms with E-state index in [1.165, 1.54) is 6.08 Å². The molecule has 2 aliphatic rings. The van der Waals surface area contributed by atoms with Crippen molar-refractivity contribution in [3.63, 3.8) is 0 Å². The summed E-state index contributed by atoms with van der Waals surface area (Å²) in [7, 11) is 0. The molecule has 0 aliphatic carbocycles. The molecule has 2 rings (SSSR count). The van der Waals surface area contributed by atoms with Crippen LogP contribution in [0.5, 0.6) is 0 Å². The maximum Gasteiger partial charge on any atom is 0.256 e. The van der Waals surface area contributed by atoms with Gasteiger partial charge in [-0.2, -0.15) is 0 Å². The van der Waals surface area contributed by atoms with Crippen LogP contribution in [0, 0.1) is 0 Å². The molecule has 0 atom stereocenters. The van der Waals surface area contributed by atoms with Crippen molar-refractivity contribution in [3.05, 3.63) is 23.3 Å².